The summed E-state index contributed by atoms with van der Waals surface area (Å²) in [6.45, 7) is -2.05. The third kappa shape index (κ3) is 6.23. The summed E-state index contributed by atoms with van der Waals surface area (Å²) >= 11 is 12.0. The van der Waals surface area contributed by atoms with Gasteiger partial charge in [-0.05, 0) is 36.4 Å². The van der Waals surface area contributed by atoms with Crippen LogP contribution in [-0.2, 0) is 0 Å². The highest BCUT2D eigenvalue weighted by Crippen LogP contribution is 2.35. The van der Waals surface area contributed by atoms with Gasteiger partial charge in [-0.15, -0.1) is 0 Å². The van der Waals surface area contributed by atoms with Gasteiger partial charge in [-0.1, -0.05) is 23.2 Å². The summed E-state index contributed by atoms with van der Waals surface area (Å²) in [6.07, 6.45) is -5.02. The summed E-state index contributed by atoms with van der Waals surface area (Å²) in [5, 5.41) is 2.95. The lowest BCUT2D eigenvalue weighted by molar-refractivity contribution is -0.278. The molecule has 196 valence electrons. The molecule has 37 heavy (non-hydrogen) atoms. The predicted molar refractivity (Wildman–Crippen MR) is 122 cm³/mol. The Morgan fingerprint density at radius 1 is 0.919 bits per heavy atom. The van der Waals surface area contributed by atoms with Crippen molar-refractivity contribution in [3.8, 4) is 11.1 Å². The van der Waals surface area contributed by atoms with Crippen molar-refractivity contribution in [2.24, 2.45) is 0 Å². The number of pyridine rings is 1. The van der Waals surface area contributed by atoms with Crippen LogP contribution in [0.25, 0.3) is 11.1 Å². The van der Waals surface area contributed by atoms with Crippen molar-refractivity contribution in [2.75, 3.05) is 17.6 Å². The molecule has 3 rings (SSSR count). The highest BCUT2D eigenvalue weighted by molar-refractivity contribution is 6.35. The second-order valence-corrected chi connectivity index (χ2v) is 8.25. The number of nitrogens with one attached hydrogen (secondary N) is 2. The molecule has 0 aliphatic carbocycles. The van der Waals surface area contributed by atoms with E-state index in [1.807, 2.05) is 0 Å². The van der Waals surface area contributed by atoms with E-state index in [0.29, 0.717) is 0 Å². The summed E-state index contributed by atoms with van der Waals surface area (Å²) in [7, 11) is 0. The molecule has 6 nitrogen and oxygen atoms in total. The van der Waals surface area contributed by atoms with Crippen molar-refractivity contribution < 1.29 is 40.3 Å². The Morgan fingerprint density at radius 2 is 1.59 bits per heavy atom. The number of benzene rings is 2. The van der Waals surface area contributed by atoms with Crippen LogP contribution in [0.4, 0.5) is 42.1 Å². The maximum absolute atomic E-state index is 14.7. The maximum atomic E-state index is 14.7. The molecule has 0 unspecified atom stereocenters. The number of nitrogen functional groups attached to an aromatic ring is 1. The Labute approximate surface area is 213 Å². The first-order valence-electron chi connectivity index (χ1n) is 9.85. The molecular formula is C22H13Cl2F7N4O2. The number of halogens is 9. The van der Waals surface area contributed by atoms with Crippen LogP contribution in [-0.4, -0.2) is 35.4 Å². The van der Waals surface area contributed by atoms with Gasteiger partial charge in [0.15, 0.2) is 0 Å². The molecule has 0 aliphatic heterocycles. The number of nitrogens with two attached hydrogens (primary N) is 1. The molecule has 0 radical (unpaired) electrons. The van der Waals surface area contributed by atoms with Gasteiger partial charge < -0.3 is 16.4 Å². The first-order valence-corrected chi connectivity index (χ1v) is 10.6. The number of carbonyl (C=O) groups excluding carboxylic acids is 2. The fraction of sp³-hybridized carbons (Fsp3) is 0.136. The maximum Gasteiger partial charge on any atom is 0.455 e. The molecule has 4 N–H and O–H groups in total. The van der Waals surface area contributed by atoms with Crippen LogP contribution in [0.15, 0.2) is 42.6 Å². The average Bonchev–Trinajstić information content (AvgIpc) is 2.78. The third-order valence-corrected chi connectivity index (χ3v) is 5.41. The van der Waals surface area contributed by atoms with Crippen molar-refractivity contribution >= 4 is 46.4 Å². The van der Waals surface area contributed by atoms with Crippen LogP contribution >= 0.6 is 23.2 Å². The third-order valence-electron chi connectivity index (χ3n) is 4.80. The number of carbonyl (C=O) groups is 2. The SMILES string of the molecule is Nc1cc(F)ccc1-c1cc(Cl)c(C(=O)Nc2cnc(C(=O)NCC(F)(F)C(F)(F)F)c(Cl)c2)cc1F. The van der Waals surface area contributed by atoms with E-state index >= 15 is 0 Å². The smallest absolute Gasteiger partial charge is 0.398 e. The Morgan fingerprint density at radius 3 is 2.19 bits per heavy atom. The topological polar surface area (TPSA) is 97.1 Å². The molecular weight excluding hydrogens is 556 g/mol. The minimum atomic E-state index is -5.88. The first-order chi connectivity index (χ1) is 17.1. The van der Waals surface area contributed by atoms with E-state index in [1.165, 1.54) is 11.4 Å². The van der Waals surface area contributed by atoms with Gasteiger partial charge in [0.1, 0.15) is 17.3 Å². The molecule has 0 aliphatic rings. The number of rotatable bonds is 6. The van der Waals surface area contributed by atoms with E-state index in [0.717, 1.165) is 36.5 Å². The second kappa shape index (κ2) is 10.4. The molecule has 0 bridgehead atoms. The highest BCUT2D eigenvalue weighted by atomic mass is 35.5. The zero-order valence-corrected chi connectivity index (χ0v) is 19.5. The van der Waals surface area contributed by atoms with Gasteiger partial charge in [0.2, 0.25) is 0 Å². The Balaban J connectivity index is 1.76. The van der Waals surface area contributed by atoms with Crippen LogP contribution < -0.4 is 16.4 Å². The van der Waals surface area contributed by atoms with Crippen LogP contribution in [0.3, 0.4) is 0 Å². The number of anilines is 2. The van der Waals surface area contributed by atoms with Crippen molar-refractivity contribution in [3.63, 3.8) is 0 Å². The Bertz CT molecular complexity index is 1380. The lowest BCUT2D eigenvalue weighted by Gasteiger charge is -2.19. The van der Waals surface area contributed by atoms with Gasteiger partial charge in [0, 0.05) is 16.8 Å². The van der Waals surface area contributed by atoms with Gasteiger partial charge >= 0.3 is 12.1 Å². The van der Waals surface area contributed by atoms with Crippen LogP contribution in [0, 0.1) is 11.6 Å². The Kier molecular flexibility index (Phi) is 7.89. The van der Waals surface area contributed by atoms with E-state index in [9.17, 15) is 40.3 Å². The monoisotopic (exact) mass is 568 g/mol. The van der Waals surface area contributed by atoms with Gasteiger partial charge in [0.25, 0.3) is 11.8 Å². The molecule has 0 saturated carbocycles. The van der Waals surface area contributed by atoms with Gasteiger partial charge in [-0.25, -0.2) is 13.8 Å². The molecule has 2 amide bonds. The Hall–Kier alpha value is -3.58. The minimum Gasteiger partial charge on any atom is -0.398 e. The molecule has 0 saturated heterocycles. The molecule has 0 atom stereocenters. The summed E-state index contributed by atoms with van der Waals surface area (Å²) in [5.41, 5.74) is 4.50. The van der Waals surface area contributed by atoms with E-state index in [-0.39, 0.29) is 33.1 Å². The zero-order chi connectivity index (χ0) is 27.7. The van der Waals surface area contributed by atoms with Gasteiger partial charge in [-0.2, -0.15) is 22.0 Å². The fourth-order valence-corrected chi connectivity index (χ4v) is 3.45. The van der Waals surface area contributed by atoms with Gasteiger partial charge in [0.05, 0.1) is 34.0 Å². The number of hydrogen-bond donors (Lipinski definition) is 3. The van der Waals surface area contributed by atoms with Crippen LogP contribution in [0.1, 0.15) is 20.8 Å². The number of aromatic nitrogens is 1. The quantitative estimate of drug-likeness (QED) is 0.247. The summed E-state index contributed by atoms with van der Waals surface area (Å²) in [5.74, 6) is -9.10. The van der Waals surface area contributed by atoms with E-state index < -0.39 is 52.8 Å². The predicted octanol–water partition coefficient (Wildman–Crippen LogP) is 6.10. The number of alkyl halides is 5. The molecule has 1 heterocycles. The molecule has 1 aromatic heterocycles. The second-order valence-electron chi connectivity index (χ2n) is 7.44. The summed E-state index contributed by atoms with van der Waals surface area (Å²) in [4.78, 5) is 28.1. The van der Waals surface area contributed by atoms with Crippen LogP contribution in [0.2, 0.25) is 10.0 Å². The van der Waals surface area contributed by atoms with Crippen LogP contribution in [0.5, 0.6) is 0 Å². The minimum absolute atomic E-state index is 0.0702. The van der Waals surface area contributed by atoms with Crippen molar-refractivity contribution in [1.82, 2.24) is 10.3 Å². The molecule has 0 fully saturated rings. The van der Waals surface area contributed by atoms with Crippen molar-refractivity contribution in [1.29, 1.82) is 0 Å². The summed E-state index contributed by atoms with van der Waals surface area (Å²) < 4.78 is 90.7. The molecule has 15 heteroatoms. The van der Waals surface area contributed by atoms with E-state index in [4.69, 9.17) is 28.9 Å². The standard InChI is InChI=1S/C22H13Cl2F7N4O2/c23-14-5-12(11-2-1-9(25)3-17(11)32)16(26)6-13(14)19(36)35-10-4-15(24)18(33-7-10)20(37)34-8-21(27,28)22(29,30)31/h1-7H,8,32H2,(H,34,37)(H,35,36). The van der Waals surface area contributed by atoms with Crippen molar-refractivity contribution in [3.05, 3.63) is 75.5 Å². The largest absolute Gasteiger partial charge is 0.455 e. The average molecular weight is 569 g/mol. The summed E-state index contributed by atoms with van der Waals surface area (Å²) in [6, 6.07) is 6.13. The number of amides is 2. The van der Waals surface area contributed by atoms with Gasteiger partial charge in [-0.3, -0.25) is 9.59 Å². The molecule has 2 aromatic carbocycles. The fourth-order valence-electron chi connectivity index (χ4n) is 2.95. The lowest BCUT2D eigenvalue weighted by atomic mass is 10.0. The van der Waals surface area contributed by atoms with E-state index in [1.54, 1.807) is 0 Å². The lowest BCUT2D eigenvalue weighted by Crippen LogP contribution is -2.46. The molecule has 0 spiro atoms. The highest BCUT2D eigenvalue weighted by Gasteiger charge is 2.57. The first kappa shape index (κ1) is 28.0. The molecule has 3 aromatic rings. The zero-order valence-electron chi connectivity index (χ0n) is 18.0. The number of nitrogens with zero attached hydrogens (tertiary/aromatic N) is 1. The normalized spacial score (nSPS) is 11.8. The van der Waals surface area contributed by atoms with Crippen molar-refractivity contribution in [2.45, 2.75) is 12.1 Å². The number of hydrogen-bond acceptors (Lipinski definition) is 4. The van der Waals surface area contributed by atoms with E-state index in [2.05, 4.69) is 10.3 Å².